The van der Waals surface area contributed by atoms with Crippen LogP contribution in [0.3, 0.4) is 0 Å². The van der Waals surface area contributed by atoms with Crippen molar-refractivity contribution in [3.63, 3.8) is 0 Å². The SMILES string of the molecule is NNc1nccc(-c2cccc(F)c2)n1. The van der Waals surface area contributed by atoms with E-state index in [0.29, 0.717) is 17.2 Å². The first-order valence-electron chi connectivity index (χ1n) is 4.35. The van der Waals surface area contributed by atoms with Crippen molar-refractivity contribution in [2.24, 2.45) is 5.84 Å². The van der Waals surface area contributed by atoms with E-state index in [1.54, 1.807) is 24.4 Å². The quantitative estimate of drug-likeness (QED) is 0.575. The number of aromatic nitrogens is 2. The van der Waals surface area contributed by atoms with E-state index in [0.717, 1.165) is 0 Å². The van der Waals surface area contributed by atoms with Gasteiger partial charge in [-0.3, -0.25) is 5.43 Å². The largest absolute Gasteiger partial charge is 0.292 e. The number of benzene rings is 1. The summed E-state index contributed by atoms with van der Waals surface area (Å²) in [6.07, 6.45) is 1.56. The topological polar surface area (TPSA) is 63.8 Å². The Balaban J connectivity index is 2.44. The molecule has 0 atom stereocenters. The molecule has 76 valence electrons. The van der Waals surface area contributed by atoms with Crippen LogP contribution in [0.2, 0.25) is 0 Å². The molecule has 0 spiro atoms. The highest BCUT2D eigenvalue weighted by molar-refractivity contribution is 5.59. The van der Waals surface area contributed by atoms with E-state index < -0.39 is 0 Å². The van der Waals surface area contributed by atoms with Crippen LogP contribution in [0.4, 0.5) is 10.3 Å². The molecule has 2 aromatic rings. The van der Waals surface area contributed by atoms with E-state index in [1.165, 1.54) is 12.1 Å². The molecule has 2 rings (SSSR count). The first-order chi connectivity index (χ1) is 7.29. The first-order valence-corrected chi connectivity index (χ1v) is 4.35. The van der Waals surface area contributed by atoms with Crippen LogP contribution in [-0.4, -0.2) is 9.97 Å². The molecule has 1 heterocycles. The number of halogens is 1. The van der Waals surface area contributed by atoms with E-state index in [-0.39, 0.29) is 5.82 Å². The number of nitrogen functional groups attached to an aromatic ring is 1. The Morgan fingerprint density at radius 1 is 1.27 bits per heavy atom. The molecule has 1 aromatic heterocycles. The van der Waals surface area contributed by atoms with Gasteiger partial charge in [0.1, 0.15) is 5.82 Å². The van der Waals surface area contributed by atoms with Gasteiger partial charge in [0.05, 0.1) is 5.69 Å². The fraction of sp³-hybridized carbons (Fsp3) is 0. The smallest absolute Gasteiger partial charge is 0.237 e. The lowest BCUT2D eigenvalue weighted by molar-refractivity contribution is 0.628. The Morgan fingerprint density at radius 3 is 2.87 bits per heavy atom. The second-order valence-corrected chi connectivity index (χ2v) is 2.92. The van der Waals surface area contributed by atoms with E-state index in [9.17, 15) is 4.39 Å². The fourth-order valence-corrected chi connectivity index (χ4v) is 1.24. The van der Waals surface area contributed by atoms with E-state index >= 15 is 0 Å². The van der Waals surface area contributed by atoms with Crippen molar-refractivity contribution < 1.29 is 4.39 Å². The van der Waals surface area contributed by atoms with Gasteiger partial charge in [-0.1, -0.05) is 12.1 Å². The summed E-state index contributed by atoms with van der Waals surface area (Å²) in [6, 6.07) is 7.87. The summed E-state index contributed by atoms with van der Waals surface area (Å²) in [6.45, 7) is 0. The molecule has 0 saturated heterocycles. The standard InChI is InChI=1S/C10H9FN4/c11-8-3-1-2-7(6-8)9-4-5-13-10(14-9)15-12/h1-6H,12H2,(H,13,14,15). The third-order valence-electron chi connectivity index (χ3n) is 1.91. The summed E-state index contributed by atoms with van der Waals surface area (Å²) < 4.78 is 13.0. The molecule has 0 saturated carbocycles. The van der Waals surface area contributed by atoms with E-state index in [1.807, 2.05) is 0 Å². The minimum atomic E-state index is -0.298. The Morgan fingerprint density at radius 2 is 2.13 bits per heavy atom. The maximum atomic E-state index is 13.0. The number of nitrogens with zero attached hydrogens (tertiary/aromatic N) is 2. The highest BCUT2D eigenvalue weighted by atomic mass is 19.1. The molecule has 0 bridgehead atoms. The van der Waals surface area contributed by atoms with Crippen LogP contribution < -0.4 is 11.3 Å². The van der Waals surface area contributed by atoms with E-state index in [4.69, 9.17) is 5.84 Å². The Bertz CT molecular complexity index is 472. The number of rotatable bonds is 2. The minimum absolute atomic E-state index is 0.298. The summed E-state index contributed by atoms with van der Waals surface area (Å²) in [5.41, 5.74) is 3.65. The predicted molar refractivity (Wildman–Crippen MR) is 55.2 cm³/mol. The van der Waals surface area contributed by atoms with Crippen molar-refractivity contribution in [3.8, 4) is 11.3 Å². The summed E-state index contributed by atoms with van der Waals surface area (Å²) >= 11 is 0. The molecular formula is C10H9FN4. The van der Waals surface area contributed by atoms with Crippen LogP contribution in [0.25, 0.3) is 11.3 Å². The molecule has 5 heteroatoms. The highest BCUT2D eigenvalue weighted by Gasteiger charge is 2.01. The van der Waals surface area contributed by atoms with Gasteiger partial charge in [0.15, 0.2) is 0 Å². The molecule has 0 aliphatic carbocycles. The summed E-state index contributed by atoms with van der Waals surface area (Å²) in [5, 5.41) is 0. The monoisotopic (exact) mass is 204 g/mol. The number of hydrazine groups is 1. The van der Waals surface area contributed by atoms with Gasteiger partial charge in [0.25, 0.3) is 0 Å². The molecule has 0 unspecified atom stereocenters. The Kier molecular flexibility index (Phi) is 2.55. The maximum Gasteiger partial charge on any atom is 0.237 e. The molecule has 0 fully saturated rings. The Labute approximate surface area is 86.0 Å². The molecule has 1 aromatic carbocycles. The fourth-order valence-electron chi connectivity index (χ4n) is 1.24. The molecule has 3 N–H and O–H groups in total. The molecule has 0 aliphatic rings. The average Bonchev–Trinajstić information content (AvgIpc) is 2.29. The normalized spacial score (nSPS) is 10.0. The van der Waals surface area contributed by atoms with Gasteiger partial charge in [-0.25, -0.2) is 20.2 Å². The van der Waals surface area contributed by atoms with Gasteiger partial charge in [-0.15, -0.1) is 0 Å². The van der Waals surface area contributed by atoms with Crippen molar-refractivity contribution in [1.29, 1.82) is 0 Å². The lowest BCUT2D eigenvalue weighted by atomic mass is 10.1. The summed E-state index contributed by atoms with van der Waals surface area (Å²) in [5.74, 6) is 5.18. The van der Waals surface area contributed by atoms with Crippen LogP contribution in [0.5, 0.6) is 0 Å². The summed E-state index contributed by atoms with van der Waals surface area (Å²) in [4.78, 5) is 7.95. The van der Waals surface area contributed by atoms with Crippen LogP contribution in [0, 0.1) is 5.82 Å². The second-order valence-electron chi connectivity index (χ2n) is 2.92. The highest BCUT2D eigenvalue weighted by Crippen LogP contribution is 2.17. The predicted octanol–water partition coefficient (Wildman–Crippen LogP) is 1.57. The second kappa shape index (κ2) is 4.02. The van der Waals surface area contributed by atoms with Gasteiger partial charge in [0, 0.05) is 11.8 Å². The van der Waals surface area contributed by atoms with Crippen LogP contribution in [-0.2, 0) is 0 Å². The first kappa shape index (κ1) is 9.54. The maximum absolute atomic E-state index is 13.0. The van der Waals surface area contributed by atoms with Gasteiger partial charge < -0.3 is 0 Å². The van der Waals surface area contributed by atoms with Gasteiger partial charge in [-0.2, -0.15) is 0 Å². The molecule has 0 aliphatic heterocycles. The minimum Gasteiger partial charge on any atom is -0.292 e. The molecule has 15 heavy (non-hydrogen) atoms. The van der Waals surface area contributed by atoms with Gasteiger partial charge in [0.2, 0.25) is 5.95 Å². The van der Waals surface area contributed by atoms with Crippen molar-refractivity contribution in [1.82, 2.24) is 9.97 Å². The molecule has 0 radical (unpaired) electrons. The number of hydrogen-bond acceptors (Lipinski definition) is 4. The third-order valence-corrected chi connectivity index (χ3v) is 1.91. The molecular weight excluding hydrogens is 195 g/mol. The zero-order valence-electron chi connectivity index (χ0n) is 7.81. The number of anilines is 1. The van der Waals surface area contributed by atoms with Crippen LogP contribution in [0.1, 0.15) is 0 Å². The van der Waals surface area contributed by atoms with Crippen LogP contribution >= 0.6 is 0 Å². The molecule has 0 amide bonds. The van der Waals surface area contributed by atoms with Crippen molar-refractivity contribution in [3.05, 3.63) is 42.3 Å². The van der Waals surface area contributed by atoms with Crippen molar-refractivity contribution in [2.45, 2.75) is 0 Å². The third kappa shape index (κ3) is 2.08. The lowest BCUT2D eigenvalue weighted by Crippen LogP contribution is -2.10. The van der Waals surface area contributed by atoms with Crippen LogP contribution in [0.15, 0.2) is 36.5 Å². The molecule has 4 nitrogen and oxygen atoms in total. The van der Waals surface area contributed by atoms with E-state index in [2.05, 4.69) is 15.4 Å². The Hall–Kier alpha value is -2.01. The zero-order valence-corrected chi connectivity index (χ0v) is 7.81. The average molecular weight is 204 g/mol. The van der Waals surface area contributed by atoms with Gasteiger partial charge in [-0.05, 0) is 18.2 Å². The zero-order chi connectivity index (χ0) is 10.7. The number of nitrogens with two attached hydrogens (primary N) is 1. The summed E-state index contributed by atoms with van der Waals surface area (Å²) in [7, 11) is 0. The number of nitrogens with one attached hydrogen (secondary N) is 1. The van der Waals surface area contributed by atoms with Crippen molar-refractivity contribution >= 4 is 5.95 Å². The lowest BCUT2D eigenvalue weighted by Gasteiger charge is -2.02. The van der Waals surface area contributed by atoms with Crippen molar-refractivity contribution in [2.75, 3.05) is 5.43 Å². The number of hydrogen-bond donors (Lipinski definition) is 2. The van der Waals surface area contributed by atoms with Gasteiger partial charge >= 0.3 is 0 Å².